The average Bonchev–Trinajstić information content (AvgIpc) is 0.760. The maximum Gasteiger partial charge on any atom is 0.330 e. The minimum absolute atomic E-state index is 0.0121. The third-order valence-electron chi connectivity index (χ3n) is 22.8. The van der Waals surface area contributed by atoms with Crippen LogP contribution in [-0.4, -0.2) is 277 Å². The molecule has 9 heterocycles. The van der Waals surface area contributed by atoms with E-state index in [4.69, 9.17) is 87.9 Å². The fourth-order valence-corrected chi connectivity index (χ4v) is 16.4. The van der Waals surface area contributed by atoms with Crippen molar-refractivity contribution >= 4 is 76.2 Å². The van der Waals surface area contributed by atoms with Gasteiger partial charge in [0, 0.05) is 35.2 Å². The molecule has 0 spiro atoms. The van der Waals surface area contributed by atoms with Gasteiger partial charge in [-0.05, 0) is 133 Å². The number of fused-ring (bicyclic) bond motifs is 15. The number of carbonyl (C=O) groups is 7. The number of hydrogen-bond acceptors (Lipinski definition) is 35. The number of phenolic OH excluding ortho intramolecular Hbond substituents is 4. The van der Waals surface area contributed by atoms with Crippen LogP contribution in [0.1, 0.15) is 102 Å². The minimum atomic E-state index is -2.50. The summed E-state index contributed by atoms with van der Waals surface area (Å²) in [6, 6.07) is 4.70. The predicted octanol–water partition coefficient (Wildman–Crippen LogP) is -1.07. The highest BCUT2D eigenvalue weighted by molar-refractivity contribution is 6.33. The van der Waals surface area contributed by atoms with Gasteiger partial charge in [0.2, 0.25) is 53.8 Å². The molecule has 0 aliphatic carbocycles. The Labute approximate surface area is 739 Å². The summed E-state index contributed by atoms with van der Waals surface area (Å²) in [6.45, 7) is 0.761. The molecule has 0 aromatic heterocycles. The molecule has 42 nitrogen and oxygen atoms in total. The monoisotopic (exact) mass is 1850 g/mol. The summed E-state index contributed by atoms with van der Waals surface area (Å²) in [5.41, 5.74) is 2.89. The van der Waals surface area contributed by atoms with Crippen LogP contribution in [0.15, 0.2) is 121 Å². The van der Waals surface area contributed by atoms with Gasteiger partial charge in [-0.2, -0.15) is 0 Å². The lowest BCUT2D eigenvalue weighted by molar-refractivity contribution is -0.313. The topological polar surface area (TPSA) is 666 Å². The number of aliphatic hydroxyl groups is 12. The van der Waals surface area contributed by atoms with Crippen LogP contribution in [0.2, 0.25) is 15.1 Å². The van der Waals surface area contributed by atoms with Gasteiger partial charge >= 0.3 is 5.97 Å². The maximum absolute atomic E-state index is 16.7. The van der Waals surface area contributed by atoms with Gasteiger partial charge in [0.05, 0.1) is 46.6 Å². The van der Waals surface area contributed by atoms with Crippen molar-refractivity contribution in [3.05, 3.63) is 175 Å². The Bertz CT molecular complexity index is 5350. The van der Waals surface area contributed by atoms with E-state index in [2.05, 4.69) is 37.2 Å². The van der Waals surface area contributed by atoms with Gasteiger partial charge in [0.25, 0.3) is 0 Å². The summed E-state index contributed by atoms with van der Waals surface area (Å²) >= 11 is 21.3. The van der Waals surface area contributed by atoms with Crippen LogP contribution < -0.4 is 61.9 Å². The molecule has 12 unspecified atom stereocenters. The first-order valence-corrected chi connectivity index (χ1v) is 40.8. The lowest BCUT2D eigenvalue weighted by atomic mass is 9.89. The van der Waals surface area contributed by atoms with Gasteiger partial charge in [0.1, 0.15) is 156 Å². The van der Waals surface area contributed by atoms with Crippen LogP contribution in [-0.2, 0) is 62.0 Å². The van der Waals surface area contributed by atoms with Crippen molar-refractivity contribution in [2.24, 2.45) is 5.73 Å². The highest BCUT2D eigenvalue weighted by Crippen LogP contribution is 2.51. The fourth-order valence-electron chi connectivity index (χ4n) is 15.8. The molecule has 6 amide bonds. The minimum Gasteiger partial charge on any atom is -0.508 e. The lowest BCUT2D eigenvalue weighted by Gasteiger charge is -2.42. The Morgan fingerprint density at radius 3 is 1.56 bits per heavy atom. The van der Waals surface area contributed by atoms with Crippen LogP contribution in [0.5, 0.6) is 57.5 Å². The van der Waals surface area contributed by atoms with Crippen LogP contribution in [0.25, 0.3) is 11.1 Å². The van der Waals surface area contributed by atoms with Gasteiger partial charge in [-0.1, -0.05) is 71.2 Å². The molecule has 26 N–H and O–H groups in total. The number of carbonyl (C=O) groups excluding carboxylic acids is 6. The number of carboxylic acid groups (broad SMARTS) is 1. The molecule has 686 valence electrons. The summed E-state index contributed by atoms with van der Waals surface area (Å²) in [6.07, 6.45) is -37.0. The molecule has 4 saturated heterocycles. The Morgan fingerprint density at radius 2 is 1.00 bits per heavy atom. The zero-order valence-electron chi connectivity index (χ0n) is 67.1. The molecular weight excluding hydrogens is 1760 g/mol. The molecule has 0 radical (unpaired) electrons. The van der Waals surface area contributed by atoms with E-state index >= 15 is 28.8 Å². The standard InChI is InChI=1S/C83H89Cl3N8O34/c1-27-61(101)42(87)24-52(119-27)126-71-32-8-14-46(40(85)18-32)122-48-20-34-21-49(73(48)128-83-70(110)67(107)64(104)51(26-96)125-83)123-47-15-9-33(19-41(47)86)72(127-82-69(109)66(106)63(103)50(25-95)124-82)60(93-74(111)54(88-3)29-4-10-36(11-5-29)121-81-68(108)65(105)62(102)28(2)120-81)78(115)90-56(31-7-13-44(99)39(84)17-31)75(112)91-57(34)77(114)89-55-30-6-12-43(98)37(16-30)53-38(22-35(97)23-45(53)100)58(80(117)118)92-79(116)59(71)94-76(55)113/h4-23,27-28,42,50-52,54-72,81-83,88,95-110H,24-26,87H2,1-3H3,(H,89,114)(H,90,115)(H,91,112)(H,92,116)(H,93,111)(H,94,113)(H,117,118)/t27-,28-,42+,50+,51+,52+,54?,55?,56?,57?,58?,59?,60?,61-,62-,63+,64+,65+,66-,67-,68+,69-,70+,71?,72?,81?,82?,83?/m0/s1. The van der Waals surface area contributed by atoms with E-state index in [1.54, 1.807) is 0 Å². The molecule has 9 aliphatic heterocycles. The van der Waals surface area contributed by atoms with Crippen molar-refractivity contribution in [2.45, 2.75) is 191 Å². The fraction of sp³-hybridized carbons (Fsp3) is 0.410. The van der Waals surface area contributed by atoms with Crippen LogP contribution in [0.4, 0.5) is 0 Å². The third kappa shape index (κ3) is 19.0. The number of ether oxygens (including phenoxy) is 10. The maximum atomic E-state index is 16.7. The highest BCUT2D eigenvalue weighted by atomic mass is 35.5. The van der Waals surface area contributed by atoms with Gasteiger partial charge in [-0.3, -0.25) is 28.8 Å². The van der Waals surface area contributed by atoms with E-state index in [0.29, 0.717) is 0 Å². The molecular formula is C83H89Cl3N8O34. The number of aromatic hydroxyl groups is 4. The van der Waals surface area contributed by atoms with Crippen molar-refractivity contribution in [2.75, 3.05) is 20.3 Å². The number of nitrogens with two attached hydrogens (primary N) is 1. The molecule has 0 saturated carbocycles. The predicted molar refractivity (Wildman–Crippen MR) is 434 cm³/mol. The number of rotatable bonds is 16. The van der Waals surface area contributed by atoms with Gasteiger partial charge in [0.15, 0.2) is 30.1 Å². The first-order valence-electron chi connectivity index (χ1n) is 39.7. The second kappa shape index (κ2) is 38.5. The van der Waals surface area contributed by atoms with Gasteiger partial charge in [-0.25, -0.2) is 4.79 Å². The third-order valence-corrected chi connectivity index (χ3v) is 23.7. The molecule has 7 aromatic carbocycles. The smallest absolute Gasteiger partial charge is 0.330 e. The lowest BCUT2D eigenvalue weighted by Crippen LogP contribution is -2.61. The summed E-state index contributed by atoms with van der Waals surface area (Å²) in [4.78, 5) is 111. The summed E-state index contributed by atoms with van der Waals surface area (Å²) in [5.74, 6) is -16.8. The molecule has 7 aromatic rings. The number of aliphatic carboxylic acids is 1. The first kappa shape index (κ1) is 93.4. The average molecular weight is 1850 g/mol. The molecule has 45 heteroatoms. The molecule has 128 heavy (non-hydrogen) atoms. The van der Waals surface area contributed by atoms with E-state index in [9.17, 15) is 91.6 Å². The summed E-state index contributed by atoms with van der Waals surface area (Å²) in [7, 11) is 1.31. The Hall–Kier alpha value is -10.7. The van der Waals surface area contributed by atoms with E-state index in [1.807, 2.05) is 0 Å². The summed E-state index contributed by atoms with van der Waals surface area (Å²) < 4.78 is 62.3. The zero-order chi connectivity index (χ0) is 92.2. The second-order valence-electron chi connectivity index (χ2n) is 31.3. The van der Waals surface area contributed by atoms with Crippen LogP contribution >= 0.6 is 34.8 Å². The van der Waals surface area contributed by atoms with E-state index < -0.39 is 326 Å². The molecule has 4 fully saturated rings. The quantitative estimate of drug-likeness (QED) is 0.0548. The second-order valence-corrected chi connectivity index (χ2v) is 32.5. The molecule has 28 atom stereocenters. The summed E-state index contributed by atoms with van der Waals surface area (Å²) in [5, 5.41) is 206. The Balaban J connectivity index is 0.993. The van der Waals surface area contributed by atoms with Crippen LogP contribution in [0, 0.1) is 0 Å². The molecule has 9 aliphatic rings. The van der Waals surface area contributed by atoms with Crippen molar-refractivity contribution in [1.29, 1.82) is 0 Å². The number of likely N-dealkylation sites (N-methyl/N-ethyl adjacent to an activating group) is 1. The van der Waals surface area contributed by atoms with Gasteiger partial charge < -0.3 is 177 Å². The van der Waals surface area contributed by atoms with Crippen LogP contribution in [0.3, 0.4) is 0 Å². The number of benzene rings is 7. The number of amides is 6. The van der Waals surface area contributed by atoms with E-state index in [-0.39, 0.29) is 28.9 Å². The number of nitrogens with one attached hydrogen (secondary N) is 7. The Kier molecular flexibility index (Phi) is 28.1. The van der Waals surface area contributed by atoms with Crippen molar-refractivity contribution in [1.82, 2.24) is 37.2 Å². The SMILES string of the molecule is CNC(C(=O)NC1C(=O)NC(c2ccc(O)c(Cl)c2)C(=O)NC2C(=O)NC3C(=O)NC(C(=O)NC(C(=O)O)c4cc(O)cc(O)c4-c4cc3ccc4O)C(O[C@@H]3C[C@@H](N)[C@@H](O)[C@H](C)O3)c3ccc(c(Cl)c3)Oc3cc2cc(c3OC2O[C@H](CO)[C@@H](O)[C@H](O)[C@H]2O)Oc2ccc(cc2Cl)C1OC1O[C@H](CO)[C@@H](O)[C@H](O)[C@@H]1O)c1ccc(OC2O[C@@H](C)[C@H](O)[C@@H](O)[C@H]2O)cc1. The number of halogens is 3. The number of phenols is 4. The van der Waals surface area contributed by atoms with E-state index in [0.717, 1.165) is 91.0 Å². The molecule has 16 rings (SSSR count). The van der Waals surface area contributed by atoms with Gasteiger partial charge in [-0.15, -0.1) is 0 Å². The van der Waals surface area contributed by atoms with E-state index in [1.165, 1.54) is 51.2 Å². The first-order chi connectivity index (χ1) is 60.8. The number of aliphatic hydroxyl groups excluding tert-OH is 12. The van der Waals surface area contributed by atoms with Crippen molar-refractivity contribution < 1.29 is 168 Å². The zero-order valence-corrected chi connectivity index (χ0v) is 69.4. The van der Waals surface area contributed by atoms with Crippen molar-refractivity contribution in [3.63, 3.8) is 0 Å². The number of carboxylic acids is 1. The molecule has 11 bridgehead atoms. The normalized spacial score (nSPS) is 32.3. The largest absolute Gasteiger partial charge is 0.508 e. The Morgan fingerprint density at radius 1 is 0.492 bits per heavy atom. The number of hydrogen-bond donors (Lipinski definition) is 25. The van der Waals surface area contributed by atoms with Crippen molar-refractivity contribution in [3.8, 4) is 68.6 Å². The highest BCUT2D eigenvalue weighted by Gasteiger charge is 2.52.